The molecule has 0 spiro atoms. The van der Waals surface area contributed by atoms with Crippen molar-refractivity contribution in [2.45, 2.75) is 62.3 Å². The predicted octanol–water partition coefficient (Wildman–Crippen LogP) is 13.9. The lowest BCUT2D eigenvalue weighted by Gasteiger charge is -1.93. The van der Waals surface area contributed by atoms with Crippen LogP contribution in [0.25, 0.3) is 0 Å². The highest BCUT2D eigenvalue weighted by atomic mass is 19.1. The number of aromatic nitrogens is 2. The number of nitrogens with one attached hydrogen (secondary N) is 1. The van der Waals surface area contributed by atoms with Gasteiger partial charge in [-0.3, -0.25) is 5.10 Å². The zero-order valence-electron chi connectivity index (χ0n) is 33.0. The van der Waals surface area contributed by atoms with E-state index in [1.54, 1.807) is 38.2 Å². The van der Waals surface area contributed by atoms with Gasteiger partial charge in [-0.2, -0.15) is 5.10 Å². The minimum atomic E-state index is -0.521. The van der Waals surface area contributed by atoms with Gasteiger partial charge in [0.05, 0.1) is 6.20 Å². The van der Waals surface area contributed by atoms with E-state index in [0.29, 0.717) is 11.1 Å². The van der Waals surface area contributed by atoms with E-state index < -0.39 is 11.6 Å². The molecule has 0 saturated carbocycles. The second kappa shape index (κ2) is 26.9. The average molecular weight is 735 g/mol. The number of hydrogen-bond acceptors (Lipinski definition) is 1. The Labute approximate surface area is 320 Å². The number of H-pyrrole nitrogens is 1. The molecular weight excluding hydrogens is 681 g/mol. The number of rotatable bonds is 0. The van der Waals surface area contributed by atoms with Crippen molar-refractivity contribution in [1.29, 1.82) is 0 Å². The summed E-state index contributed by atoms with van der Waals surface area (Å²) in [6.07, 6.45) is 3.62. The van der Waals surface area contributed by atoms with Crippen molar-refractivity contribution in [1.82, 2.24) is 10.2 Å². The molecule has 0 radical (unpaired) electrons. The summed E-state index contributed by atoms with van der Waals surface area (Å²) < 4.78 is 48.9. The Kier molecular flexibility index (Phi) is 23.1. The molecule has 0 bridgehead atoms. The van der Waals surface area contributed by atoms with Gasteiger partial charge in [0.2, 0.25) is 0 Å². The van der Waals surface area contributed by atoms with Crippen LogP contribution in [0.4, 0.5) is 17.6 Å². The van der Waals surface area contributed by atoms with Crippen LogP contribution < -0.4 is 0 Å². The Balaban J connectivity index is 0.000000316. The number of benzene rings is 6. The van der Waals surface area contributed by atoms with Gasteiger partial charge in [0.25, 0.3) is 0 Å². The van der Waals surface area contributed by atoms with Crippen molar-refractivity contribution in [3.63, 3.8) is 0 Å². The second-order valence-corrected chi connectivity index (χ2v) is 12.7. The first kappa shape index (κ1) is 46.3. The maximum absolute atomic E-state index is 12.3. The molecule has 0 aliphatic rings. The molecule has 6 heteroatoms. The van der Waals surface area contributed by atoms with Gasteiger partial charge in [0, 0.05) is 12.3 Å². The number of hydrogen-bond donors (Lipinski definition) is 1. The largest absolute Gasteiger partial charge is 0.285 e. The van der Waals surface area contributed by atoms with Crippen molar-refractivity contribution in [2.75, 3.05) is 0 Å². The maximum atomic E-state index is 12.3. The first-order valence-corrected chi connectivity index (χ1v) is 17.5. The quantitative estimate of drug-likeness (QED) is 0.154. The van der Waals surface area contributed by atoms with Crippen LogP contribution in [0.15, 0.2) is 158 Å². The van der Waals surface area contributed by atoms with Crippen molar-refractivity contribution in [3.8, 4) is 0 Å². The van der Waals surface area contributed by atoms with Crippen LogP contribution in [0.1, 0.15) is 50.1 Å². The smallest absolute Gasteiger partial charge is 0.126 e. The Hall–Kier alpha value is -5.75. The summed E-state index contributed by atoms with van der Waals surface area (Å²) in [6.45, 7) is 17.8. The molecule has 7 aromatic rings. The summed E-state index contributed by atoms with van der Waals surface area (Å²) in [5.41, 5.74) is 10.2. The van der Waals surface area contributed by atoms with E-state index in [2.05, 4.69) is 105 Å². The lowest BCUT2D eigenvalue weighted by molar-refractivity contribution is 0.581. The summed E-state index contributed by atoms with van der Waals surface area (Å²) in [5, 5.41) is 6.38. The van der Waals surface area contributed by atoms with E-state index in [9.17, 15) is 17.6 Å². The highest BCUT2D eigenvalue weighted by Gasteiger charge is 1.94. The van der Waals surface area contributed by atoms with Gasteiger partial charge in [-0.25, -0.2) is 17.6 Å². The normalized spacial score (nSPS) is 9.20. The third-order valence-corrected chi connectivity index (χ3v) is 7.28. The summed E-state index contributed by atoms with van der Waals surface area (Å²) in [4.78, 5) is 0. The molecule has 0 atom stereocenters. The Morgan fingerprint density at radius 1 is 0.352 bits per heavy atom. The lowest BCUT2D eigenvalue weighted by Crippen LogP contribution is -1.80. The third kappa shape index (κ3) is 23.7. The van der Waals surface area contributed by atoms with Crippen LogP contribution in [0.5, 0.6) is 0 Å². The summed E-state index contributed by atoms with van der Waals surface area (Å²) >= 11 is 0. The standard InChI is InChI=1S/2C8H10.C7H6F2.2C7H7F.C7H8.C4H6N2/c1-7-3-5-8(2)6-4-7;1-7-5-3-4-6-8(7)2;1-5-2-6(8)4-7(9)3-5;1-6-3-2-4-7(8)5-6;1-6-4-2-3-5-7(6)8;1-7-5-3-2-4-6-7;1-4-2-5-6-3-4/h2*3-6H,1-2H3;2-4H,1H3;2*2-5H,1H3;2-6H,1H3;2-3H,1H3,(H,5,6). The first-order valence-electron chi connectivity index (χ1n) is 17.5. The first-order chi connectivity index (χ1) is 25.7. The molecule has 1 aromatic heterocycles. The van der Waals surface area contributed by atoms with Gasteiger partial charge < -0.3 is 0 Å². The molecular formula is C48H54F4N2. The molecule has 7 rings (SSSR count). The second-order valence-electron chi connectivity index (χ2n) is 12.7. The van der Waals surface area contributed by atoms with Gasteiger partial charge in [0.15, 0.2) is 0 Å². The molecule has 0 aliphatic carbocycles. The molecule has 0 aliphatic heterocycles. The number of aryl methyl sites for hydroxylation is 9. The van der Waals surface area contributed by atoms with E-state index in [4.69, 9.17) is 0 Å². The zero-order valence-corrected chi connectivity index (χ0v) is 33.0. The third-order valence-electron chi connectivity index (χ3n) is 7.28. The highest BCUT2D eigenvalue weighted by molar-refractivity contribution is 5.23. The molecule has 1 heterocycles. The van der Waals surface area contributed by atoms with Crippen molar-refractivity contribution >= 4 is 0 Å². The van der Waals surface area contributed by atoms with Gasteiger partial charge in [0.1, 0.15) is 23.3 Å². The van der Waals surface area contributed by atoms with Gasteiger partial charge in [-0.15, -0.1) is 0 Å². The average Bonchev–Trinajstić information content (AvgIpc) is 3.61. The lowest BCUT2D eigenvalue weighted by atomic mass is 10.1. The van der Waals surface area contributed by atoms with Gasteiger partial charge in [-0.1, -0.05) is 126 Å². The van der Waals surface area contributed by atoms with Crippen LogP contribution in [0.2, 0.25) is 0 Å². The molecule has 0 saturated heterocycles. The van der Waals surface area contributed by atoms with E-state index >= 15 is 0 Å². The van der Waals surface area contributed by atoms with E-state index in [-0.39, 0.29) is 11.6 Å². The van der Waals surface area contributed by atoms with E-state index in [0.717, 1.165) is 11.6 Å². The van der Waals surface area contributed by atoms with E-state index in [1.165, 1.54) is 63.7 Å². The summed E-state index contributed by atoms with van der Waals surface area (Å²) in [5.74, 6) is -1.34. The fourth-order valence-corrected chi connectivity index (χ4v) is 4.00. The maximum Gasteiger partial charge on any atom is 0.126 e. The predicted molar refractivity (Wildman–Crippen MR) is 220 cm³/mol. The Morgan fingerprint density at radius 3 is 1.06 bits per heavy atom. The van der Waals surface area contributed by atoms with Crippen molar-refractivity contribution in [2.24, 2.45) is 0 Å². The topological polar surface area (TPSA) is 28.7 Å². The molecule has 0 unspecified atom stereocenters. The number of nitrogens with zero attached hydrogens (tertiary/aromatic N) is 1. The monoisotopic (exact) mass is 734 g/mol. The molecule has 0 amide bonds. The minimum absolute atomic E-state index is 0.132. The number of aromatic amines is 1. The number of halogens is 4. The van der Waals surface area contributed by atoms with Crippen molar-refractivity contribution in [3.05, 3.63) is 231 Å². The fourth-order valence-electron chi connectivity index (χ4n) is 4.00. The highest BCUT2D eigenvalue weighted by Crippen LogP contribution is 2.06. The van der Waals surface area contributed by atoms with Crippen LogP contribution in [-0.2, 0) is 0 Å². The molecule has 2 nitrogen and oxygen atoms in total. The molecule has 6 aromatic carbocycles. The summed E-state index contributed by atoms with van der Waals surface area (Å²) in [7, 11) is 0. The van der Waals surface area contributed by atoms with Gasteiger partial charge >= 0.3 is 0 Å². The Morgan fingerprint density at radius 2 is 0.778 bits per heavy atom. The molecule has 54 heavy (non-hydrogen) atoms. The SMILES string of the molecule is Cc1cc(F)cc(F)c1.Cc1ccc(C)cc1.Cc1cccc(F)c1.Cc1ccccc1.Cc1ccccc1C.Cc1ccccc1F.Cc1cn[nH]c1. The minimum Gasteiger partial charge on any atom is -0.285 e. The van der Waals surface area contributed by atoms with Gasteiger partial charge in [-0.05, 0) is 126 Å². The zero-order chi connectivity index (χ0) is 40.3. The van der Waals surface area contributed by atoms with Crippen molar-refractivity contribution < 1.29 is 17.6 Å². The Bertz CT molecular complexity index is 1810. The van der Waals surface area contributed by atoms with Crippen LogP contribution in [0.3, 0.4) is 0 Å². The van der Waals surface area contributed by atoms with E-state index in [1.807, 2.05) is 50.4 Å². The molecule has 0 fully saturated rings. The van der Waals surface area contributed by atoms with Crippen LogP contribution >= 0.6 is 0 Å². The van der Waals surface area contributed by atoms with Crippen LogP contribution in [0, 0.1) is 85.6 Å². The molecule has 1 N–H and O–H groups in total. The fraction of sp³-hybridized carbons (Fsp3) is 0.188. The summed E-state index contributed by atoms with van der Waals surface area (Å²) in [6, 6.07) is 43.7. The molecule has 284 valence electrons. The van der Waals surface area contributed by atoms with Crippen LogP contribution in [-0.4, -0.2) is 10.2 Å².